The molecule has 1 rings (SSSR count). The molecule has 150 valence electrons. The van der Waals surface area contributed by atoms with E-state index in [2.05, 4.69) is 17.6 Å². The van der Waals surface area contributed by atoms with Crippen LogP contribution in [0.5, 0.6) is 0 Å². The predicted molar refractivity (Wildman–Crippen MR) is 105 cm³/mol. The highest BCUT2D eigenvalue weighted by atomic mass is 32.2. The first kappa shape index (κ1) is 22.8. The molecular weight excluding hydrogens is 352 g/mol. The minimum absolute atomic E-state index is 0.0202. The second-order valence-corrected chi connectivity index (χ2v) is 8.54. The quantitative estimate of drug-likeness (QED) is 0.594. The largest absolute Gasteiger partial charge is 0.467 e. The van der Waals surface area contributed by atoms with Gasteiger partial charge in [-0.15, -0.1) is 0 Å². The van der Waals surface area contributed by atoms with Gasteiger partial charge in [-0.2, -0.15) is 11.8 Å². The number of esters is 1. The number of hydrogen-bond donors (Lipinski definition) is 2. The predicted octanol–water partition coefficient (Wildman–Crippen LogP) is 2.36. The van der Waals surface area contributed by atoms with Crippen LogP contribution in [0, 0.1) is 17.8 Å². The number of ether oxygens (including phenoxy) is 1. The van der Waals surface area contributed by atoms with Gasteiger partial charge in [-0.05, 0) is 55.9 Å². The summed E-state index contributed by atoms with van der Waals surface area (Å²) in [4.78, 5) is 37.2. The number of nitrogens with one attached hydrogen (secondary N) is 2. The fraction of sp³-hybridized carbons (Fsp3) is 0.842. The monoisotopic (exact) mass is 386 g/mol. The number of rotatable bonds is 9. The summed E-state index contributed by atoms with van der Waals surface area (Å²) >= 11 is 1.60. The lowest BCUT2D eigenvalue weighted by Crippen LogP contribution is -2.55. The van der Waals surface area contributed by atoms with Crippen molar-refractivity contribution in [3.8, 4) is 0 Å². The molecule has 6 nitrogen and oxygen atoms in total. The zero-order chi connectivity index (χ0) is 19.7. The van der Waals surface area contributed by atoms with Gasteiger partial charge in [0.25, 0.3) is 0 Å². The molecule has 0 heterocycles. The van der Waals surface area contributed by atoms with Gasteiger partial charge in [0.05, 0.1) is 7.11 Å². The standard InChI is InChI=1S/C19H34N2O4S/c1-12(2)16(21-17(22)14-8-6-13(3)7-9-14)18(23)20-15(10-11-26-5)19(24)25-4/h12-16H,6-11H2,1-5H3,(H,20,23)(H,21,22)/t13?,14?,15-,16-/m1/s1. The van der Waals surface area contributed by atoms with E-state index in [0.717, 1.165) is 31.4 Å². The molecule has 0 saturated heterocycles. The van der Waals surface area contributed by atoms with E-state index in [1.807, 2.05) is 20.1 Å². The van der Waals surface area contributed by atoms with Crippen LogP contribution < -0.4 is 10.6 Å². The van der Waals surface area contributed by atoms with Gasteiger partial charge < -0.3 is 15.4 Å². The summed E-state index contributed by atoms with van der Waals surface area (Å²) in [5, 5.41) is 5.67. The summed E-state index contributed by atoms with van der Waals surface area (Å²) in [7, 11) is 1.31. The molecule has 0 aromatic heterocycles. The maximum Gasteiger partial charge on any atom is 0.328 e. The molecule has 1 aliphatic carbocycles. The SMILES string of the molecule is COC(=O)[C@@H](CCSC)NC(=O)[C@H](NC(=O)C1CCC(C)CC1)C(C)C. The van der Waals surface area contributed by atoms with Crippen LogP contribution in [-0.2, 0) is 19.1 Å². The number of methoxy groups -OCH3 is 1. The Hall–Kier alpha value is -1.24. The van der Waals surface area contributed by atoms with Crippen LogP contribution in [0.15, 0.2) is 0 Å². The first-order valence-corrected chi connectivity index (χ1v) is 10.9. The van der Waals surface area contributed by atoms with E-state index in [9.17, 15) is 14.4 Å². The molecule has 0 aromatic carbocycles. The molecule has 0 spiro atoms. The van der Waals surface area contributed by atoms with Gasteiger partial charge in [0.2, 0.25) is 11.8 Å². The van der Waals surface area contributed by atoms with Crippen molar-refractivity contribution in [2.24, 2.45) is 17.8 Å². The third kappa shape index (κ3) is 7.17. The molecule has 1 fully saturated rings. The first-order valence-electron chi connectivity index (χ1n) is 9.47. The topological polar surface area (TPSA) is 84.5 Å². The molecule has 1 saturated carbocycles. The maximum absolute atomic E-state index is 12.7. The molecule has 2 atom stereocenters. The average molecular weight is 387 g/mol. The summed E-state index contributed by atoms with van der Waals surface area (Å²) in [5.74, 6) is 0.480. The van der Waals surface area contributed by atoms with E-state index in [4.69, 9.17) is 4.74 Å². The lowest BCUT2D eigenvalue weighted by atomic mass is 9.82. The Bertz CT molecular complexity index is 476. The highest BCUT2D eigenvalue weighted by molar-refractivity contribution is 7.98. The second kappa shape index (κ2) is 11.5. The van der Waals surface area contributed by atoms with E-state index >= 15 is 0 Å². The molecule has 0 aliphatic heterocycles. The molecule has 0 radical (unpaired) electrons. The van der Waals surface area contributed by atoms with Crippen LogP contribution in [-0.4, -0.2) is 49.0 Å². The van der Waals surface area contributed by atoms with Crippen molar-refractivity contribution in [2.45, 2.75) is 65.0 Å². The van der Waals surface area contributed by atoms with Gasteiger partial charge >= 0.3 is 5.97 Å². The molecule has 7 heteroatoms. The van der Waals surface area contributed by atoms with Crippen LogP contribution in [0.25, 0.3) is 0 Å². The Morgan fingerprint density at radius 3 is 2.23 bits per heavy atom. The highest BCUT2D eigenvalue weighted by Crippen LogP contribution is 2.28. The van der Waals surface area contributed by atoms with Crippen LogP contribution in [0.4, 0.5) is 0 Å². The van der Waals surface area contributed by atoms with E-state index in [0.29, 0.717) is 12.3 Å². The van der Waals surface area contributed by atoms with Crippen molar-refractivity contribution in [3.63, 3.8) is 0 Å². The Balaban J connectivity index is 2.70. The van der Waals surface area contributed by atoms with Crippen molar-refractivity contribution >= 4 is 29.5 Å². The minimum Gasteiger partial charge on any atom is -0.467 e. The fourth-order valence-corrected chi connectivity index (χ4v) is 3.69. The minimum atomic E-state index is -0.686. The van der Waals surface area contributed by atoms with Gasteiger partial charge in [0.15, 0.2) is 0 Å². The summed E-state index contributed by atoms with van der Waals surface area (Å²) < 4.78 is 4.79. The third-order valence-corrected chi connectivity index (χ3v) is 5.69. The van der Waals surface area contributed by atoms with E-state index in [1.165, 1.54) is 7.11 Å². The molecule has 2 N–H and O–H groups in total. The van der Waals surface area contributed by atoms with Gasteiger partial charge in [-0.3, -0.25) is 9.59 Å². The average Bonchev–Trinajstić information content (AvgIpc) is 2.62. The van der Waals surface area contributed by atoms with Crippen molar-refractivity contribution in [3.05, 3.63) is 0 Å². The van der Waals surface area contributed by atoms with Crippen molar-refractivity contribution in [1.29, 1.82) is 0 Å². The highest BCUT2D eigenvalue weighted by Gasteiger charge is 2.32. The second-order valence-electron chi connectivity index (χ2n) is 7.55. The number of amides is 2. The summed E-state index contributed by atoms with van der Waals surface area (Å²) in [5.41, 5.74) is 0. The van der Waals surface area contributed by atoms with Gasteiger partial charge in [0.1, 0.15) is 12.1 Å². The summed E-state index contributed by atoms with van der Waals surface area (Å²) in [6.45, 7) is 5.99. The first-order chi connectivity index (χ1) is 12.3. The summed E-state index contributed by atoms with van der Waals surface area (Å²) in [6.07, 6.45) is 6.29. The van der Waals surface area contributed by atoms with Gasteiger partial charge in [-0.25, -0.2) is 4.79 Å². The normalized spacial score (nSPS) is 22.4. The Morgan fingerprint density at radius 2 is 1.73 bits per heavy atom. The molecule has 0 aromatic rings. The lowest BCUT2D eigenvalue weighted by molar-refractivity contribution is -0.145. The lowest BCUT2D eigenvalue weighted by Gasteiger charge is -2.29. The van der Waals surface area contributed by atoms with Crippen molar-refractivity contribution in [1.82, 2.24) is 10.6 Å². The van der Waals surface area contributed by atoms with Crippen LogP contribution in [0.2, 0.25) is 0 Å². The third-order valence-electron chi connectivity index (χ3n) is 5.05. The Kier molecular flexibility index (Phi) is 10.1. The van der Waals surface area contributed by atoms with Gasteiger partial charge in [-0.1, -0.05) is 20.8 Å². The zero-order valence-corrected chi connectivity index (χ0v) is 17.5. The maximum atomic E-state index is 12.7. The number of carbonyl (C=O) groups excluding carboxylic acids is 3. The Labute approximate surface area is 161 Å². The molecule has 2 amide bonds. The van der Waals surface area contributed by atoms with Crippen molar-refractivity contribution in [2.75, 3.05) is 19.1 Å². The zero-order valence-electron chi connectivity index (χ0n) is 16.7. The number of hydrogen-bond acceptors (Lipinski definition) is 5. The fourth-order valence-electron chi connectivity index (χ4n) is 3.22. The van der Waals surface area contributed by atoms with Crippen LogP contribution >= 0.6 is 11.8 Å². The smallest absolute Gasteiger partial charge is 0.328 e. The van der Waals surface area contributed by atoms with E-state index < -0.39 is 18.1 Å². The summed E-state index contributed by atoms with van der Waals surface area (Å²) in [6, 6.07) is -1.34. The Morgan fingerprint density at radius 1 is 1.12 bits per heavy atom. The van der Waals surface area contributed by atoms with E-state index in [1.54, 1.807) is 11.8 Å². The molecule has 0 bridgehead atoms. The number of carbonyl (C=O) groups is 3. The molecule has 1 aliphatic rings. The number of thioether (sulfide) groups is 1. The van der Waals surface area contributed by atoms with E-state index in [-0.39, 0.29) is 23.7 Å². The molecule has 26 heavy (non-hydrogen) atoms. The van der Waals surface area contributed by atoms with Crippen LogP contribution in [0.1, 0.15) is 52.9 Å². The van der Waals surface area contributed by atoms with Gasteiger partial charge in [0, 0.05) is 5.92 Å². The molecule has 0 unspecified atom stereocenters. The van der Waals surface area contributed by atoms with Crippen molar-refractivity contribution < 1.29 is 19.1 Å². The van der Waals surface area contributed by atoms with Crippen LogP contribution in [0.3, 0.4) is 0 Å². The molecular formula is C19H34N2O4S.